The van der Waals surface area contributed by atoms with Crippen molar-refractivity contribution in [2.24, 2.45) is 5.92 Å². The molecule has 7 nitrogen and oxygen atoms in total. The highest BCUT2D eigenvalue weighted by Gasteiger charge is 2.32. The maximum absolute atomic E-state index is 13.1. The molecule has 1 N–H and O–H groups in total. The van der Waals surface area contributed by atoms with Crippen LogP contribution in [0.5, 0.6) is 11.5 Å². The van der Waals surface area contributed by atoms with E-state index in [0.29, 0.717) is 18.4 Å². The van der Waals surface area contributed by atoms with E-state index in [0.717, 1.165) is 12.1 Å². The summed E-state index contributed by atoms with van der Waals surface area (Å²) in [5.74, 6) is -1.09. The summed E-state index contributed by atoms with van der Waals surface area (Å²) in [5.41, 5.74) is 0.633. The fourth-order valence-electron chi connectivity index (χ4n) is 3.46. The Morgan fingerprint density at radius 1 is 1.12 bits per heavy atom. The number of nitrogens with one attached hydrogen (secondary N) is 1. The lowest BCUT2D eigenvalue weighted by atomic mass is 9.97. The van der Waals surface area contributed by atoms with Gasteiger partial charge in [-0.15, -0.1) is 0 Å². The molecule has 0 aliphatic carbocycles. The molecule has 0 spiro atoms. The van der Waals surface area contributed by atoms with Crippen LogP contribution in [0, 0.1) is 11.7 Å². The van der Waals surface area contributed by atoms with Crippen molar-refractivity contribution in [1.29, 1.82) is 0 Å². The van der Waals surface area contributed by atoms with Gasteiger partial charge in [0.05, 0.1) is 12.0 Å². The van der Waals surface area contributed by atoms with E-state index in [-0.39, 0.29) is 47.9 Å². The number of nitrogens with zero attached hydrogens (tertiary/aromatic N) is 1. The Labute approximate surface area is 184 Å². The van der Waals surface area contributed by atoms with Gasteiger partial charge in [-0.25, -0.2) is 12.8 Å². The van der Waals surface area contributed by atoms with Crippen LogP contribution in [0.25, 0.3) is 0 Å². The first-order chi connectivity index (χ1) is 15.2. The molecule has 2 aromatic carbocycles. The fraction of sp³-hybridized carbons (Fsp3) is 0.381. The molecule has 11 heteroatoms. The number of carbonyl (C=O) groups excluding carboxylic acids is 1. The van der Waals surface area contributed by atoms with Crippen LogP contribution in [-0.2, 0) is 21.4 Å². The summed E-state index contributed by atoms with van der Waals surface area (Å²) in [5, 5.41) is 2.78. The third kappa shape index (κ3) is 5.71. The SMILES string of the molecule is COc1cc(CNC(=O)C2CCN(S(=O)(=O)c3ccc(F)cc3)CC2)ccc1OC(F)F. The number of alkyl halides is 2. The van der Waals surface area contributed by atoms with E-state index in [1.54, 1.807) is 6.07 Å². The molecule has 1 saturated heterocycles. The number of ether oxygens (including phenoxy) is 2. The van der Waals surface area contributed by atoms with Crippen molar-refractivity contribution >= 4 is 15.9 Å². The van der Waals surface area contributed by atoms with Crippen molar-refractivity contribution in [3.05, 3.63) is 53.8 Å². The Morgan fingerprint density at radius 2 is 1.78 bits per heavy atom. The zero-order valence-electron chi connectivity index (χ0n) is 17.3. The number of sulfonamides is 1. The van der Waals surface area contributed by atoms with Crippen LogP contribution in [0.1, 0.15) is 18.4 Å². The normalized spacial score (nSPS) is 15.5. The van der Waals surface area contributed by atoms with E-state index in [4.69, 9.17) is 4.74 Å². The Balaban J connectivity index is 1.54. The van der Waals surface area contributed by atoms with E-state index in [9.17, 15) is 26.4 Å². The molecule has 0 saturated carbocycles. The number of rotatable bonds is 8. The van der Waals surface area contributed by atoms with Gasteiger partial charge in [-0.3, -0.25) is 4.79 Å². The van der Waals surface area contributed by atoms with Crippen molar-refractivity contribution < 1.29 is 35.9 Å². The van der Waals surface area contributed by atoms with E-state index >= 15 is 0 Å². The Hall–Kier alpha value is -2.79. The average molecular weight is 472 g/mol. The van der Waals surface area contributed by atoms with Gasteiger partial charge in [0.1, 0.15) is 5.82 Å². The highest BCUT2D eigenvalue weighted by Crippen LogP contribution is 2.29. The second kappa shape index (κ2) is 10.2. The molecule has 1 fully saturated rings. The van der Waals surface area contributed by atoms with Crippen LogP contribution in [-0.4, -0.2) is 45.4 Å². The van der Waals surface area contributed by atoms with E-state index in [1.165, 1.54) is 35.7 Å². The fourth-order valence-corrected chi connectivity index (χ4v) is 4.93. The average Bonchev–Trinajstić information content (AvgIpc) is 2.78. The largest absolute Gasteiger partial charge is 0.493 e. The van der Waals surface area contributed by atoms with E-state index in [1.807, 2.05) is 0 Å². The monoisotopic (exact) mass is 472 g/mol. The Kier molecular flexibility index (Phi) is 7.62. The number of hydrogen-bond acceptors (Lipinski definition) is 5. The van der Waals surface area contributed by atoms with Crippen LogP contribution in [0.4, 0.5) is 13.2 Å². The molecular formula is C21H23F3N2O5S. The van der Waals surface area contributed by atoms with Gasteiger partial charge in [0, 0.05) is 25.6 Å². The third-order valence-electron chi connectivity index (χ3n) is 5.19. The number of piperidine rings is 1. The van der Waals surface area contributed by atoms with E-state index in [2.05, 4.69) is 10.1 Å². The predicted octanol–water partition coefficient (Wildman–Crippen LogP) is 3.15. The second-order valence-corrected chi connectivity index (χ2v) is 9.15. The lowest BCUT2D eigenvalue weighted by Crippen LogP contribution is -2.42. The highest BCUT2D eigenvalue weighted by atomic mass is 32.2. The van der Waals surface area contributed by atoms with Crippen LogP contribution in [0.15, 0.2) is 47.4 Å². The standard InChI is InChI=1S/C21H23F3N2O5S/c1-30-19-12-14(2-7-18(19)31-21(23)24)13-25-20(27)15-8-10-26(11-9-15)32(28,29)17-5-3-16(22)4-6-17/h2-7,12,15,21H,8-11,13H2,1H3,(H,25,27). The minimum Gasteiger partial charge on any atom is -0.493 e. The summed E-state index contributed by atoms with van der Waals surface area (Å²) in [7, 11) is -2.42. The third-order valence-corrected chi connectivity index (χ3v) is 7.10. The minimum absolute atomic E-state index is 0.00928. The molecule has 2 aromatic rings. The zero-order valence-corrected chi connectivity index (χ0v) is 18.1. The van der Waals surface area contributed by atoms with Gasteiger partial charge in [-0.1, -0.05) is 6.07 Å². The molecule has 0 aromatic heterocycles. The summed E-state index contributed by atoms with van der Waals surface area (Å²) in [6.45, 7) is -2.48. The van der Waals surface area contributed by atoms with Crippen LogP contribution in [0.2, 0.25) is 0 Å². The molecular weight excluding hydrogens is 449 g/mol. The summed E-state index contributed by atoms with van der Waals surface area (Å²) in [6, 6.07) is 8.99. The van der Waals surface area contributed by atoms with Gasteiger partial charge in [-0.2, -0.15) is 13.1 Å². The number of amides is 1. The minimum atomic E-state index is -3.75. The molecule has 0 bridgehead atoms. The van der Waals surface area contributed by atoms with Gasteiger partial charge in [-0.05, 0) is 54.8 Å². The van der Waals surface area contributed by atoms with Gasteiger partial charge in [0.25, 0.3) is 0 Å². The summed E-state index contributed by atoms with van der Waals surface area (Å²) in [6.07, 6.45) is 0.688. The summed E-state index contributed by atoms with van der Waals surface area (Å²) in [4.78, 5) is 12.5. The Morgan fingerprint density at radius 3 is 2.38 bits per heavy atom. The quantitative estimate of drug-likeness (QED) is 0.638. The van der Waals surface area contributed by atoms with Crippen LogP contribution < -0.4 is 14.8 Å². The number of carbonyl (C=O) groups is 1. The molecule has 1 amide bonds. The van der Waals surface area contributed by atoms with Gasteiger partial charge in [0.15, 0.2) is 11.5 Å². The Bertz CT molecular complexity index is 1040. The topological polar surface area (TPSA) is 84.9 Å². The number of benzene rings is 2. The first-order valence-electron chi connectivity index (χ1n) is 9.86. The maximum Gasteiger partial charge on any atom is 0.387 e. The van der Waals surface area contributed by atoms with Gasteiger partial charge < -0.3 is 14.8 Å². The maximum atomic E-state index is 13.1. The molecule has 0 atom stereocenters. The van der Waals surface area contributed by atoms with Crippen molar-refractivity contribution in [3.8, 4) is 11.5 Å². The molecule has 1 heterocycles. The van der Waals surface area contributed by atoms with Crippen LogP contribution >= 0.6 is 0 Å². The van der Waals surface area contributed by atoms with Gasteiger partial charge in [0.2, 0.25) is 15.9 Å². The lowest BCUT2D eigenvalue weighted by Gasteiger charge is -2.30. The number of halogens is 3. The first-order valence-corrected chi connectivity index (χ1v) is 11.3. The predicted molar refractivity (Wildman–Crippen MR) is 109 cm³/mol. The molecule has 174 valence electrons. The molecule has 0 unspecified atom stereocenters. The summed E-state index contributed by atoms with van der Waals surface area (Å²) < 4.78 is 74.0. The summed E-state index contributed by atoms with van der Waals surface area (Å²) >= 11 is 0. The van der Waals surface area contributed by atoms with Crippen molar-refractivity contribution in [3.63, 3.8) is 0 Å². The van der Waals surface area contributed by atoms with E-state index < -0.39 is 22.5 Å². The molecule has 1 aliphatic heterocycles. The first kappa shape index (κ1) is 23.9. The molecule has 1 aliphatic rings. The molecule has 3 rings (SSSR count). The smallest absolute Gasteiger partial charge is 0.387 e. The number of hydrogen-bond donors (Lipinski definition) is 1. The highest BCUT2D eigenvalue weighted by molar-refractivity contribution is 7.89. The van der Waals surface area contributed by atoms with Crippen molar-refractivity contribution in [1.82, 2.24) is 9.62 Å². The van der Waals surface area contributed by atoms with Crippen molar-refractivity contribution in [2.45, 2.75) is 30.9 Å². The van der Waals surface area contributed by atoms with Crippen LogP contribution in [0.3, 0.4) is 0 Å². The molecule has 0 radical (unpaired) electrons. The molecule has 32 heavy (non-hydrogen) atoms. The lowest BCUT2D eigenvalue weighted by molar-refractivity contribution is -0.126. The zero-order chi connectivity index (χ0) is 23.3. The van der Waals surface area contributed by atoms with Crippen molar-refractivity contribution in [2.75, 3.05) is 20.2 Å². The second-order valence-electron chi connectivity index (χ2n) is 7.21. The number of methoxy groups -OCH3 is 1. The van der Waals surface area contributed by atoms with Gasteiger partial charge >= 0.3 is 6.61 Å².